The lowest BCUT2D eigenvalue weighted by Gasteiger charge is -2.34. The number of nitrogens with zero attached hydrogens (tertiary/aromatic N) is 4. The number of nitrogens with one attached hydrogen (secondary N) is 1. The lowest BCUT2D eigenvalue weighted by molar-refractivity contribution is -0.130. The van der Waals surface area contributed by atoms with E-state index in [0.717, 1.165) is 43.9 Å². The number of rotatable bonds is 4. The molecule has 0 aromatic carbocycles. The summed E-state index contributed by atoms with van der Waals surface area (Å²) < 4.78 is 0. The van der Waals surface area contributed by atoms with Gasteiger partial charge in [-0.05, 0) is 33.6 Å². The van der Waals surface area contributed by atoms with Crippen LogP contribution in [0.15, 0.2) is 23.5 Å². The molecule has 3 saturated heterocycles. The molecule has 0 radical (unpaired) electrons. The maximum Gasteiger partial charge on any atom is 0.249 e. The molecule has 0 aliphatic carbocycles. The van der Waals surface area contributed by atoms with Gasteiger partial charge >= 0.3 is 0 Å². The van der Waals surface area contributed by atoms with Gasteiger partial charge in [0.15, 0.2) is 5.78 Å². The Labute approximate surface area is 188 Å². The molecule has 3 amide bonds. The van der Waals surface area contributed by atoms with Crippen LogP contribution >= 0.6 is 0 Å². The van der Waals surface area contributed by atoms with Gasteiger partial charge in [0.05, 0.1) is 36.6 Å². The molecule has 0 bridgehead atoms. The van der Waals surface area contributed by atoms with E-state index in [0.29, 0.717) is 6.54 Å². The predicted molar refractivity (Wildman–Crippen MR) is 116 cm³/mol. The van der Waals surface area contributed by atoms with Crippen molar-refractivity contribution in [3.05, 3.63) is 23.5 Å². The van der Waals surface area contributed by atoms with Gasteiger partial charge in [-0.3, -0.25) is 19.2 Å². The van der Waals surface area contributed by atoms with Gasteiger partial charge in [0, 0.05) is 49.7 Å². The average Bonchev–Trinajstić information content (AvgIpc) is 3.52. The zero-order chi connectivity index (χ0) is 22.7. The molecule has 5 aliphatic heterocycles. The zero-order valence-corrected chi connectivity index (χ0v) is 18.9. The van der Waals surface area contributed by atoms with Crippen molar-refractivity contribution in [2.45, 2.75) is 70.2 Å². The highest BCUT2D eigenvalue weighted by molar-refractivity contribution is 6.07. The first-order chi connectivity index (χ1) is 15.2. The van der Waals surface area contributed by atoms with Gasteiger partial charge in [-0.15, -0.1) is 0 Å². The Kier molecular flexibility index (Phi) is 5.02. The molecule has 5 heterocycles. The molecule has 0 aromatic heterocycles. The molecule has 5 rings (SSSR count). The van der Waals surface area contributed by atoms with Gasteiger partial charge in [0.25, 0.3) is 0 Å². The molecule has 5 aliphatic rings. The highest BCUT2D eigenvalue weighted by atomic mass is 16.2. The summed E-state index contributed by atoms with van der Waals surface area (Å²) in [6.07, 6.45) is 5.11. The summed E-state index contributed by atoms with van der Waals surface area (Å²) in [5.41, 5.74) is 2.01. The molecule has 9 heteroatoms. The van der Waals surface area contributed by atoms with Crippen molar-refractivity contribution >= 4 is 23.5 Å². The molecule has 5 atom stereocenters. The molecular weight excluding hydrogens is 410 g/mol. The second kappa shape index (κ2) is 7.64. The number of ketones is 1. The van der Waals surface area contributed by atoms with Gasteiger partial charge in [0.1, 0.15) is 0 Å². The molecule has 0 saturated carbocycles. The fraction of sp³-hybridized carbons (Fsp3) is 0.652. The van der Waals surface area contributed by atoms with E-state index in [1.54, 1.807) is 17.1 Å². The summed E-state index contributed by atoms with van der Waals surface area (Å²) in [5, 5.41) is 2.91. The van der Waals surface area contributed by atoms with Crippen molar-refractivity contribution < 1.29 is 19.2 Å². The van der Waals surface area contributed by atoms with Crippen LogP contribution in [-0.2, 0) is 19.2 Å². The summed E-state index contributed by atoms with van der Waals surface area (Å²) >= 11 is 0. The second-order valence-electron chi connectivity index (χ2n) is 9.69. The topological polar surface area (TPSA) is 93.3 Å². The highest BCUT2D eigenvalue weighted by Crippen LogP contribution is 2.34. The summed E-state index contributed by atoms with van der Waals surface area (Å²) in [4.78, 5) is 57.1. The molecule has 3 fully saturated rings. The van der Waals surface area contributed by atoms with Gasteiger partial charge in [-0.2, -0.15) is 0 Å². The normalized spacial score (nSPS) is 35.4. The Balaban J connectivity index is 1.24. The largest absolute Gasteiger partial charge is 0.371 e. The van der Waals surface area contributed by atoms with Gasteiger partial charge < -0.3 is 24.9 Å². The molecule has 32 heavy (non-hydrogen) atoms. The fourth-order valence-electron chi connectivity index (χ4n) is 6.15. The van der Waals surface area contributed by atoms with E-state index >= 15 is 0 Å². The standard InChI is InChI=1S/C23H31N5O4/c1-13-18(8-21(30)24-13)25-6-4-16(11-25)27-14(2)19(9-22(27)31)26-7-5-17(12-26)28-15(3)20(29)10-23(28)32/h8-9,13-17H,4-7,10-12H2,1-3H3,(H,24,30)/t13-,14-,15-,16-,17-/m0/s1. The van der Waals surface area contributed by atoms with Crippen molar-refractivity contribution in [1.82, 2.24) is 24.9 Å². The minimum atomic E-state index is -0.348. The summed E-state index contributed by atoms with van der Waals surface area (Å²) in [7, 11) is 0. The van der Waals surface area contributed by atoms with Crippen molar-refractivity contribution in [2.24, 2.45) is 0 Å². The zero-order valence-electron chi connectivity index (χ0n) is 18.9. The summed E-state index contributed by atoms with van der Waals surface area (Å²) in [6, 6.07) is -0.256. The van der Waals surface area contributed by atoms with Crippen LogP contribution in [0.5, 0.6) is 0 Å². The minimum absolute atomic E-state index is 0.00219. The Hall–Kier alpha value is -2.84. The summed E-state index contributed by atoms with van der Waals surface area (Å²) in [6.45, 7) is 8.87. The molecular formula is C23H31N5O4. The monoisotopic (exact) mass is 441 g/mol. The third kappa shape index (κ3) is 3.29. The molecule has 0 aromatic rings. The van der Waals surface area contributed by atoms with E-state index in [1.165, 1.54) is 0 Å². The fourth-order valence-corrected chi connectivity index (χ4v) is 6.15. The minimum Gasteiger partial charge on any atom is -0.371 e. The average molecular weight is 442 g/mol. The van der Waals surface area contributed by atoms with Crippen molar-refractivity contribution in [2.75, 3.05) is 26.2 Å². The lowest BCUT2D eigenvalue weighted by Crippen LogP contribution is -2.46. The lowest BCUT2D eigenvalue weighted by atomic mass is 10.1. The van der Waals surface area contributed by atoms with Crippen LogP contribution in [0, 0.1) is 0 Å². The van der Waals surface area contributed by atoms with Crippen LogP contribution in [0.25, 0.3) is 0 Å². The van der Waals surface area contributed by atoms with E-state index in [4.69, 9.17) is 0 Å². The molecule has 9 nitrogen and oxygen atoms in total. The van der Waals surface area contributed by atoms with E-state index in [1.807, 2.05) is 18.7 Å². The molecule has 1 N–H and O–H groups in total. The first-order valence-electron chi connectivity index (χ1n) is 11.6. The van der Waals surface area contributed by atoms with E-state index in [9.17, 15) is 19.2 Å². The van der Waals surface area contributed by atoms with Gasteiger partial charge in [-0.1, -0.05) is 0 Å². The third-order valence-corrected chi connectivity index (χ3v) is 7.79. The number of hydrogen-bond acceptors (Lipinski definition) is 6. The van der Waals surface area contributed by atoms with E-state index < -0.39 is 0 Å². The van der Waals surface area contributed by atoms with Crippen LogP contribution in [0.2, 0.25) is 0 Å². The van der Waals surface area contributed by atoms with E-state index in [-0.39, 0.29) is 60.1 Å². The number of carbonyl (C=O) groups excluding carboxylic acids is 4. The van der Waals surface area contributed by atoms with Crippen LogP contribution in [-0.4, -0.2) is 99.5 Å². The SMILES string of the molecule is C[C@@H]1NC(=O)C=C1N1CC[C@H](N2C(=O)C=C(N3CC[C@H](N4C(=O)CC(=O)[C@@H]4C)C3)[C@@H]2C)C1. The predicted octanol–water partition coefficient (Wildman–Crippen LogP) is -0.158. The quantitative estimate of drug-likeness (QED) is 0.610. The van der Waals surface area contributed by atoms with Crippen molar-refractivity contribution in [3.8, 4) is 0 Å². The number of Topliss-reactive ketones (excluding diaryl/α,β-unsaturated/α-hetero) is 1. The second-order valence-corrected chi connectivity index (χ2v) is 9.69. The van der Waals surface area contributed by atoms with Crippen molar-refractivity contribution in [1.29, 1.82) is 0 Å². The third-order valence-electron chi connectivity index (χ3n) is 7.79. The smallest absolute Gasteiger partial charge is 0.249 e. The maximum absolute atomic E-state index is 13.0. The number of amides is 3. The van der Waals surface area contributed by atoms with Crippen molar-refractivity contribution in [3.63, 3.8) is 0 Å². The molecule has 0 unspecified atom stereocenters. The Morgan fingerprint density at radius 3 is 2.00 bits per heavy atom. The Morgan fingerprint density at radius 2 is 1.44 bits per heavy atom. The van der Waals surface area contributed by atoms with Crippen LogP contribution in [0.4, 0.5) is 0 Å². The number of hydrogen-bond donors (Lipinski definition) is 1. The highest BCUT2D eigenvalue weighted by Gasteiger charge is 2.45. The Morgan fingerprint density at radius 1 is 0.812 bits per heavy atom. The molecule has 0 spiro atoms. The molecule has 172 valence electrons. The first kappa shape index (κ1) is 21.0. The maximum atomic E-state index is 13.0. The van der Waals surface area contributed by atoms with E-state index in [2.05, 4.69) is 22.0 Å². The Bertz CT molecular complexity index is 943. The first-order valence-corrected chi connectivity index (χ1v) is 11.6. The number of carbonyl (C=O) groups is 4. The van der Waals surface area contributed by atoms with Crippen LogP contribution in [0.1, 0.15) is 40.0 Å². The van der Waals surface area contributed by atoms with Crippen LogP contribution in [0.3, 0.4) is 0 Å². The van der Waals surface area contributed by atoms with Gasteiger partial charge in [0.2, 0.25) is 17.7 Å². The summed E-state index contributed by atoms with van der Waals surface area (Å²) in [5.74, 6) is -0.0968. The van der Waals surface area contributed by atoms with Gasteiger partial charge in [-0.25, -0.2) is 0 Å². The van der Waals surface area contributed by atoms with Crippen LogP contribution < -0.4 is 5.32 Å². The number of likely N-dealkylation sites (tertiary alicyclic amines) is 3.